The van der Waals surface area contributed by atoms with Crippen molar-refractivity contribution in [2.24, 2.45) is 11.8 Å². The summed E-state index contributed by atoms with van der Waals surface area (Å²) in [6.45, 7) is 5.31. The molecule has 1 fully saturated rings. The summed E-state index contributed by atoms with van der Waals surface area (Å²) < 4.78 is 14.0. The monoisotopic (exact) mass is 249 g/mol. The summed E-state index contributed by atoms with van der Waals surface area (Å²) >= 11 is 0. The maximum absolute atomic E-state index is 14.0. The molecule has 0 aromatic heterocycles. The zero-order chi connectivity index (χ0) is 13.0. The van der Waals surface area contributed by atoms with Gasteiger partial charge in [0.15, 0.2) is 0 Å². The van der Waals surface area contributed by atoms with Gasteiger partial charge in [0.25, 0.3) is 0 Å². The molecule has 1 aliphatic rings. The highest BCUT2D eigenvalue weighted by Crippen LogP contribution is 2.37. The Morgan fingerprint density at radius 2 is 1.89 bits per heavy atom. The summed E-state index contributed by atoms with van der Waals surface area (Å²) in [6, 6.07) is 7.40. The Balaban J connectivity index is 2.15. The van der Waals surface area contributed by atoms with Crippen molar-refractivity contribution in [1.82, 2.24) is 5.32 Å². The first kappa shape index (κ1) is 13.5. The van der Waals surface area contributed by atoms with Gasteiger partial charge >= 0.3 is 0 Å². The van der Waals surface area contributed by atoms with Gasteiger partial charge < -0.3 is 5.32 Å². The van der Waals surface area contributed by atoms with Gasteiger partial charge in [0, 0.05) is 11.6 Å². The molecule has 100 valence electrons. The second-order valence-corrected chi connectivity index (χ2v) is 5.58. The lowest BCUT2D eigenvalue weighted by atomic mass is 9.77. The van der Waals surface area contributed by atoms with E-state index in [1.807, 2.05) is 12.1 Å². The number of rotatable bonds is 4. The SMILES string of the molecule is CCNC(c1ccccc1F)C1CCC(C)CC1. The molecule has 0 bridgehead atoms. The molecular formula is C16H24FN. The van der Waals surface area contributed by atoms with Gasteiger partial charge in [-0.15, -0.1) is 0 Å². The van der Waals surface area contributed by atoms with Crippen molar-refractivity contribution in [3.05, 3.63) is 35.6 Å². The quantitative estimate of drug-likeness (QED) is 0.838. The average Bonchev–Trinajstić information content (AvgIpc) is 2.38. The minimum Gasteiger partial charge on any atom is -0.310 e. The minimum atomic E-state index is -0.0675. The molecule has 1 saturated carbocycles. The summed E-state index contributed by atoms with van der Waals surface area (Å²) in [5, 5.41) is 3.48. The first-order chi connectivity index (χ1) is 8.72. The molecule has 1 atom stereocenters. The normalized spacial score (nSPS) is 25.9. The number of halogens is 1. The Hall–Kier alpha value is -0.890. The summed E-state index contributed by atoms with van der Waals surface area (Å²) in [5.74, 6) is 1.35. The van der Waals surface area contributed by atoms with Crippen molar-refractivity contribution in [3.63, 3.8) is 0 Å². The molecule has 1 unspecified atom stereocenters. The Labute approximate surface area is 110 Å². The van der Waals surface area contributed by atoms with E-state index in [1.165, 1.54) is 25.7 Å². The summed E-state index contributed by atoms with van der Waals surface area (Å²) in [7, 11) is 0. The highest BCUT2D eigenvalue weighted by Gasteiger charge is 2.28. The summed E-state index contributed by atoms with van der Waals surface area (Å²) in [5.41, 5.74) is 0.846. The highest BCUT2D eigenvalue weighted by atomic mass is 19.1. The molecule has 0 amide bonds. The third-order valence-electron chi connectivity index (χ3n) is 4.20. The van der Waals surface area contributed by atoms with Crippen LogP contribution in [0.3, 0.4) is 0 Å². The van der Waals surface area contributed by atoms with Crippen LogP contribution in [0.4, 0.5) is 4.39 Å². The number of hydrogen-bond acceptors (Lipinski definition) is 1. The average molecular weight is 249 g/mol. The van der Waals surface area contributed by atoms with E-state index in [1.54, 1.807) is 12.1 Å². The lowest BCUT2D eigenvalue weighted by Gasteiger charge is -2.33. The molecule has 1 aliphatic carbocycles. The van der Waals surface area contributed by atoms with Crippen LogP contribution in [0.5, 0.6) is 0 Å². The molecule has 0 radical (unpaired) electrons. The topological polar surface area (TPSA) is 12.0 Å². The van der Waals surface area contributed by atoms with Gasteiger partial charge in [-0.3, -0.25) is 0 Å². The Morgan fingerprint density at radius 3 is 2.50 bits per heavy atom. The van der Waals surface area contributed by atoms with Crippen LogP contribution in [0.2, 0.25) is 0 Å². The van der Waals surface area contributed by atoms with Gasteiger partial charge in [-0.1, -0.05) is 44.9 Å². The minimum absolute atomic E-state index is 0.0675. The molecule has 1 nitrogen and oxygen atoms in total. The third kappa shape index (κ3) is 3.11. The standard InChI is InChI=1S/C16H24FN/c1-3-18-16(13-10-8-12(2)9-11-13)14-6-4-5-7-15(14)17/h4-7,12-13,16,18H,3,8-11H2,1-2H3. The maximum atomic E-state index is 14.0. The van der Waals surface area contributed by atoms with Crippen LogP contribution in [0, 0.1) is 17.7 Å². The van der Waals surface area contributed by atoms with E-state index in [-0.39, 0.29) is 11.9 Å². The fourth-order valence-corrected chi connectivity index (χ4v) is 3.10. The van der Waals surface area contributed by atoms with Gasteiger partial charge in [0.1, 0.15) is 5.82 Å². The van der Waals surface area contributed by atoms with E-state index in [4.69, 9.17) is 0 Å². The molecule has 0 heterocycles. The lowest BCUT2D eigenvalue weighted by Crippen LogP contribution is -2.31. The van der Waals surface area contributed by atoms with E-state index in [9.17, 15) is 4.39 Å². The van der Waals surface area contributed by atoms with Gasteiger partial charge in [-0.25, -0.2) is 4.39 Å². The summed E-state index contributed by atoms with van der Waals surface area (Å²) in [4.78, 5) is 0. The molecule has 1 aromatic carbocycles. The van der Waals surface area contributed by atoms with Crippen molar-refractivity contribution in [2.45, 2.75) is 45.6 Å². The van der Waals surface area contributed by atoms with E-state index in [0.29, 0.717) is 5.92 Å². The van der Waals surface area contributed by atoms with Crippen LogP contribution in [0.25, 0.3) is 0 Å². The maximum Gasteiger partial charge on any atom is 0.127 e. The fraction of sp³-hybridized carbons (Fsp3) is 0.625. The number of hydrogen-bond donors (Lipinski definition) is 1. The third-order valence-corrected chi connectivity index (χ3v) is 4.20. The number of nitrogens with one attached hydrogen (secondary N) is 1. The van der Waals surface area contributed by atoms with Crippen LogP contribution >= 0.6 is 0 Å². The van der Waals surface area contributed by atoms with Crippen LogP contribution in [-0.4, -0.2) is 6.54 Å². The van der Waals surface area contributed by atoms with Crippen LogP contribution in [-0.2, 0) is 0 Å². The Kier molecular flexibility index (Phi) is 4.76. The van der Waals surface area contributed by atoms with E-state index < -0.39 is 0 Å². The second-order valence-electron chi connectivity index (χ2n) is 5.58. The first-order valence-corrected chi connectivity index (χ1v) is 7.20. The first-order valence-electron chi connectivity index (χ1n) is 7.20. The zero-order valence-electron chi connectivity index (χ0n) is 11.5. The Morgan fingerprint density at radius 1 is 1.22 bits per heavy atom. The van der Waals surface area contributed by atoms with E-state index in [2.05, 4.69) is 19.2 Å². The smallest absolute Gasteiger partial charge is 0.127 e. The lowest BCUT2D eigenvalue weighted by molar-refractivity contribution is 0.230. The largest absolute Gasteiger partial charge is 0.310 e. The molecule has 2 heteroatoms. The molecule has 18 heavy (non-hydrogen) atoms. The summed E-state index contributed by atoms with van der Waals surface area (Å²) in [6.07, 6.45) is 4.99. The van der Waals surface area contributed by atoms with Crippen molar-refractivity contribution in [3.8, 4) is 0 Å². The van der Waals surface area contributed by atoms with Crippen LogP contribution in [0.1, 0.15) is 51.1 Å². The van der Waals surface area contributed by atoms with E-state index >= 15 is 0 Å². The van der Waals surface area contributed by atoms with Crippen molar-refractivity contribution in [1.29, 1.82) is 0 Å². The predicted molar refractivity (Wildman–Crippen MR) is 73.9 cm³/mol. The molecule has 2 rings (SSSR count). The fourth-order valence-electron chi connectivity index (χ4n) is 3.10. The van der Waals surface area contributed by atoms with Gasteiger partial charge in [-0.2, -0.15) is 0 Å². The van der Waals surface area contributed by atoms with Crippen LogP contribution < -0.4 is 5.32 Å². The second kappa shape index (κ2) is 6.33. The predicted octanol–water partition coefficient (Wildman–Crippen LogP) is 4.30. The molecule has 0 saturated heterocycles. The van der Waals surface area contributed by atoms with Crippen LogP contribution in [0.15, 0.2) is 24.3 Å². The van der Waals surface area contributed by atoms with Gasteiger partial charge in [0.2, 0.25) is 0 Å². The molecule has 0 aliphatic heterocycles. The van der Waals surface area contributed by atoms with E-state index in [0.717, 1.165) is 18.0 Å². The molecule has 0 spiro atoms. The zero-order valence-corrected chi connectivity index (χ0v) is 11.5. The van der Waals surface area contributed by atoms with Crippen molar-refractivity contribution in [2.75, 3.05) is 6.54 Å². The van der Waals surface area contributed by atoms with Crippen molar-refractivity contribution < 1.29 is 4.39 Å². The number of benzene rings is 1. The van der Waals surface area contributed by atoms with Crippen molar-refractivity contribution >= 4 is 0 Å². The highest BCUT2D eigenvalue weighted by molar-refractivity contribution is 5.22. The van der Waals surface area contributed by atoms with Gasteiger partial charge in [-0.05, 0) is 37.3 Å². The van der Waals surface area contributed by atoms with Gasteiger partial charge in [0.05, 0.1) is 0 Å². The molecular weight excluding hydrogens is 225 g/mol. The molecule has 1 N–H and O–H groups in total. The molecule has 1 aromatic rings. The Bertz CT molecular complexity index is 369.